The number of aryl methyl sites for hydroxylation is 1. The number of aromatic nitrogens is 2. The molecule has 1 aromatic carbocycles. The Bertz CT molecular complexity index is 767. The zero-order valence-corrected chi connectivity index (χ0v) is 16.2. The van der Waals surface area contributed by atoms with Crippen molar-refractivity contribution in [3.05, 3.63) is 53.4 Å². The molecule has 1 aromatic heterocycles. The Labute approximate surface area is 160 Å². The summed E-state index contributed by atoms with van der Waals surface area (Å²) in [6, 6.07) is 6.29. The van der Waals surface area contributed by atoms with Gasteiger partial charge in [-0.15, -0.1) is 0 Å². The van der Waals surface area contributed by atoms with Crippen LogP contribution in [0.5, 0.6) is 0 Å². The number of hydrogen-bond acceptors (Lipinski definition) is 3. The normalized spacial score (nSPS) is 15.3. The third-order valence-corrected chi connectivity index (χ3v) is 5.34. The Kier molecular flexibility index (Phi) is 6.61. The number of likely N-dealkylation sites (tertiary alicyclic amines) is 1. The van der Waals surface area contributed by atoms with Crippen LogP contribution in [-0.2, 0) is 28.9 Å². The molecule has 0 saturated carbocycles. The van der Waals surface area contributed by atoms with Crippen molar-refractivity contribution in [2.75, 3.05) is 26.8 Å². The second-order valence-electron chi connectivity index (χ2n) is 7.30. The van der Waals surface area contributed by atoms with E-state index in [0.29, 0.717) is 12.5 Å². The summed E-state index contributed by atoms with van der Waals surface area (Å²) in [6.07, 6.45) is 5.07. The highest BCUT2D eigenvalue weighted by Gasteiger charge is 2.24. The summed E-state index contributed by atoms with van der Waals surface area (Å²) in [6.45, 7) is 5.09. The van der Waals surface area contributed by atoms with Gasteiger partial charge in [0.2, 0.25) is 5.91 Å². The average Bonchev–Trinajstić information content (AvgIpc) is 3.00. The number of piperidine rings is 1. The molecule has 0 radical (unpaired) electrons. The van der Waals surface area contributed by atoms with Gasteiger partial charge in [0.1, 0.15) is 11.6 Å². The molecule has 1 aliphatic rings. The van der Waals surface area contributed by atoms with Crippen LogP contribution in [0.2, 0.25) is 0 Å². The first-order chi connectivity index (χ1) is 13.1. The molecule has 0 aliphatic carbocycles. The number of halogens is 1. The molecule has 27 heavy (non-hydrogen) atoms. The first kappa shape index (κ1) is 19.5. The molecule has 0 N–H and O–H groups in total. The van der Waals surface area contributed by atoms with Gasteiger partial charge < -0.3 is 14.2 Å². The Morgan fingerprint density at radius 3 is 2.81 bits per heavy atom. The summed E-state index contributed by atoms with van der Waals surface area (Å²) in [7, 11) is 1.71. The van der Waals surface area contributed by atoms with Gasteiger partial charge in [-0.2, -0.15) is 0 Å². The number of carbonyl (C=O) groups excluding carboxylic acids is 1. The molecule has 2 aromatic rings. The van der Waals surface area contributed by atoms with Gasteiger partial charge in [-0.25, -0.2) is 9.37 Å². The van der Waals surface area contributed by atoms with Crippen LogP contribution in [0.25, 0.3) is 0 Å². The van der Waals surface area contributed by atoms with Gasteiger partial charge in [0, 0.05) is 45.1 Å². The molecule has 1 amide bonds. The Morgan fingerprint density at radius 1 is 1.33 bits per heavy atom. The number of amides is 1. The van der Waals surface area contributed by atoms with E-state index in [2.05, 4.69) is 16.5 Å². The van der Waals surface area contributed by atoms with E-state index in [1.165, 1.54) is 12.1 Å². The van der Waals surface area contributed by atoms with Crippen LogP contribution in [-0.4, -0.2) is 47.2 Å². The maximum absolute atomic E-state index is 13.3. The van der Waals surface area contributed by atoms with E-state index in [4.69, 9.17) is 4.74 Å². The van der Waals surface area contributed by atoms with Gasteiger partial charge >= 0.3 is 0 Å². The monoisotopic (exact) mass is 373 g/mol. The van der Waals surface area contributed by atoms with Gasteiger partial charge in [-0.1, -0.05) is 12.1 Å². The number of methoxy groups -OCH3 is 1. The van der Waals surface area contributed by atoms with Crippen LogP contribution >= 0.6 is 0 Å². The molecule has 0 unspecified atom stereocenters. The molecule has 146 valence electrons. The lowest BCUT2D eigenvalue weighted by Gasteiger charge is -2.32. The molecule has 3 rings (SSSR count). The number of nitrogens with zero attached hydrogens (tertiary/aromatic N) is 3. The van der Waals surface area contributed by atoms with Crippen LogP contribution in [0.1, 0.15) is 29.9 Å². The van der Waals surface area contributed by atoms with Gasteiger partial charge in [0.05, 0.1) is 13.0 Å². The third-order valence-electron chi connectivity index (χ3n) is 5.34. The summed E-state index contributed by atoms with van der Waals surface area (Å²) in [5.41, 5.74) is 1.89. The van der Waals surface area contributed by atoms with Gasteiger partial charge in [-0.05, 0) is 43.4 Å². The number of imidazole rings is 1. The summed E-state index contributed by atoms with van der Waals surface area (Å²) in [5, 5.41) is 0. The highest BCUT2D eigenvalue weighted by Crippen LogP contribution is 2.22. The van der Waals surface area contributed by atoms with Crippen LogP contribution < -0.4 is 0 Å². The number of hydrogen-bond donors (Lipinski definition) is 0. The van der Waals surface area contributed by atoms with E-state index >= 15 is 0 Å². The van der Waals surface area contributed by atoms with Gasteiger partial charge in [-0.3, -0.25) is 4.79 Å². The quantitative estimate of drug-likeness (QED) is 0.750. The predicted molar refractivity (Wildman–Crippen MR) is 102 cm³/mol. The Balaban J connectivity index is 1.51. The SMILES string of the molecule is COCCn1c(C)cnc1CC1CCN(C(=O)Cc2cccc(F)c2)CC1. The summed E-state index contributed by atoms with van der Waals surface area (Å²) in [5.74, 6) is 1.43. The second-order valence-corrected chi connectivity index (χ2v) is 7.30. The lowest BCUT2D eigenvalue weighted by atomic mass is 9.93. The maximum atomic E-state index is 13.3. The molecule has 0 atom stereocenters. The van der Waals surface area contributed by atoms with E-state index in [1.54, 1.807) is 19.2 Å². The zero-order valence-electron chi connectivity index (χ0n) is 16.2. The third kappa shape index (κ3) is 5.16. The average molecular weight is 373 g/mol. The standard InChI is InChI=1S/C21H28FN3O2/c1-16-15-23-20(25(16)10-11-27-2)13-17-6-8-24(9-7-17)21(26)14-18-4-3-5-19(22)12-18/h3-5,12,15,17H,6-11,13-14H2,1-2H3. The van der Waals surface area contributed by atoms with Crippen LogP contribution in [0.15, 0.2) is 30.5 Å². The molecule has 1 saturated heterocycles. The van der Waals surface area contributed by atoms with Crippen molar-refractivity contribution in [1.29, 1.82) is 0 Å². The van der Waals surface area contributed by atoms with Gasteiger partial charge in [0.25, 0.3) is 0 Å². The molecular weight excluding hydrogens is 345 g/mol. The first-order valence-corrected chi connectivity index (χ1v) is 9.59. The number of rotatable bonds is 7. The van der Waals surface area contributed by atoms with Crippen LogP contribution in [0.3, 0.4) is 0 Å². The molecule has 6 heteroatoms. The highest BCUT2D eigenvalue weighted by atomic mass is 19.1. The van der Waals surface area contributed by atoms with Gasteiger partial charge in [0.15, 0.2) is 0 Å². The Morgan fingerprint density at radius 2 is 2.11 bits per heavy atom. The van der Waals surface area contributed by atoms with E-state index < -0.39 is 0 Å². The minimum absolute atomic E-state index is 0.0801. The fourth-order valence-corrected chi connectivity index (χ4v) is 3.74. The van der Waals surface area contributed by atoms with E-state index in [1.807, 2.05) is 11.1 Å². The summed E-state index contributed by atoms with van der Waals surface area (Å²) in [4.78, 5) is 19.0. The minimum atomic E-state index is -0.293. The van der Waals surface area contributed by atoms with Crippen molar-refractivity contribution in [3.63, 3.8) is 0 Å². The predicted octanol–water partition coefficient (Wildman–Crippen LogP) is 3.00. The van der Waals surface area contributed by atoms with Crippen molar-refractivity contribution in [1.82, 2.24) is 14.5 Å². The van der Waals surface area contributed by atoms with Crippen LogP contribution in [0.4, 0.5) is 4.39 Å². The topological polar surface area (TPSA) is 47.4 Å². The number of ether oxygens (including phenoxy) is 1. The van der Waals surface area contributed by atoms with Crippen molar-refractivity contribution >= 4 is 5.91 Å². The van der Waals surface area contributed by atoms with E-state index in [9.17, 15) is 9.18 Å². The minimum Gasteiger partial charge on any atom is -0.383 e. The van der Waals surface area contributed by atoms with Crippen molar-refractivity contribution in [3.8, 4) is 0 Å². The fraction of sp³-hybridized carbons (Fsp3) is 0.524. The second kappa shape index (κ2) is 9.13. The summed E-state index contributed by atoms with van der Waals surface area (Å²) >= 11 is 0. The molecule has 0 bridgehead atoms. The molecule has 2 heterocycles. The molecule has 1 aliphatic heterocycles. The summed E-state index contributed by atoms with van der Waals surface area (Å²) < 4.78 is 20.7. The first-order valence-electron chi connectivity index (χ1n) is 9.59. The number of benzene rings is 1. The lowest BCUT2D eigenvalue weighted by molar-refractivity contribution is -0.131. The maximum Gasteiger partial charge on any atom is 0.226 e. The zero-order chi connectivity index (χ0) is 19.2. The smallest absolute Gasteiger partial charge is 0.226 e. The van der Waals surface area contributed by atoms with Crippen molar-refractivity contribution in [2.45, 2.75) is 39.2 Å². The van der Waals surface area contributed by atoms with Crippen molar-refractivity contribution < 1.29 is 13.9 Å². The molecular formula is C21H28FN3O2. The largest absolute Gasteiger partial charge is 0.383 e. The Hall–Kier alpha value is -2.21. The number of carbonyl (C=O) groups is 1. The fourth-order valence-electron chi connectivity index (χ4n) is 3.74. The molecule has 5 nitrogen and oxygen atoms in total. The molecule has 1 fully saturated rings. The van der Waals surface area contributed by atoms with Crippen LogP contribution in [0, 0.1) is 18.7 Å². The lowest BCUT2D eigenvalue weighted by Crippen LogP contribution is -2.39. The van der Waals surface area contributed by atoms with Crippen molar-refractivity contribution in [2.24, 2.45) is 5.92 Å². The van der Waals surface area contributed by atoms with E-state index in [0.717, 1.165) is 56.0 Å². The highest BCUT2D eigenvalue weighted by molar-refractivity contribution is 5.78. The molecule has 0 spiro atoms. The van der Waals surface area contributed by atoms with E-state index in [-0.39, 0.29) is 18.1 Å².